The maximum atomic E-state index is 8.66. The Labute approximate surface area is 74.9 Å². The largest absolute Gasteiger partial charge is 0.192 e. The minimum Gasteiger partial charge on any atom is -0.192 e. The smallest absolute Gasteiger partial charge is 0.0992 e. The van der Waals surface area contributed by atoms with Gasteiger partial charge < -0.3 is 0 Å². The number of hydrogen-bond donors (Lipinski definition) is 0. The highest BCUT2D eigenvalue weighted by atomic mass is 32.1. The first-order valence-electron chi connectivity index (χ1n) is 3.69. The predicted molar refractivity (Wildman–Crippen MR) is 51.3 cm³/mol. The number of thiophene rings is 1. The van der Waals surface area contributed by atoms with Crippen LogP contribution in [0, 0.1) is 18.3 Å². The van der Waals surface area contributed by atoms with E-state index in [1.54, 1.807) is 11.3 Å². The standard InChI is InChI=1S/C10H7NS/c1-7-6-12-10-4-8(5-11)2-3-9(7)10/h2-4,6H,1H3. The van der Waals surface area contributed by atoms with Gasteiger partial charge in [0.05, 0.1) is 11.6 Å². The molecule has 0 N–H and O–H groups in total. The summed E-state index contributed by atoms with van der Waals surface area (Å²) in [6.07, 6.45) is 0. The second-order valence-electron chi connectivity index (χ2n) is 2.74. The van der Waals surface area contributed by atoms with Crippen molar-refractivity contribution >= 4 is 21.4 Å². The van der Waals surface area contributed by atoms with Crippen molar-refractivity contribution in [1.82, 2.24) is 0 Å². The van der Waals surface area contributed by atoms with Crippen LogP contribution in [0.2, 0.25) is 0 Å². The van der Waals surface area contributed by atoms with Crippen molar-refractivity contribution in [2.24, 2.45) is 0 Å². The summed E-state index contributed by atoms with van der Waals surface area (Å²) in [7, 11) is 0. The van der Waals surface area contributed by atoms with E-state index in [9.17, 15) is 0 Å². The van der Waals surface area contributed by atoms with Crippen LogP contribution in [-0.2, 0) is 0 Å². The lowest BCUT2D eigenvalue weighted by molar-refractivity contribution is 1.50. The summed E-state index contributed by atoms with van der Waals surface area (Å²) in [4.78, 5) is 0. The van der Waals surface area contributed by atoms with Crippen LogP contribution in [-0.4, -0.2) is 0 Å². The highest BCUT2D eigenvalue weighted by molar-refractivity contribution is 7.17. The number of rotatable bonds is 0. The van der Waals surface area contributed by atoms with Crippen LogP contribution in [0.4, 0.5) is 0 Å². The van der Waals surface area contributed by atoms with Gasteiger partial charge in [-0.05, 0) is 35.4 Å². The molecule has 1 aromatic carbocycles. The zero-order valence-electron chi connectivity index (χ0n) is 6.66. The zero-order valence-corrected chi connectivity index (χ0v) is 7.48. The first kappa shape index (κ1) is 7.33. The Balaban J connectivity index is 2.80. The van der Waals surface area contributed by atoms with E-state index in [2.05, 4.69) is 18.4 Å². The van der Waals surface area contributed by atoms with E-state index in [0.29, 0.717) is 0 Å². The van der Waals surface area contributed by atoms with Crippen molar-refractivity contribution in [2.75, 3.05) is 0 Å². The molecule has 0 amide bonds. The van der Waals surface area contributed by atoms with Crippen molar-refractivity contribution in [3.63, 3.8) is 0 Å². The molecule has 2 rings (SSSR count). The zero-order chi connectivity index (χ0) is 8.55. The fourth-order valence-corrected chi connectivity index (χ4v) is 2.21. The molecular weight excluding hydrogens is 166 g/mol. The molecule has 0 atom stereocenters. The van der Waals surface area contributed by atoms with E-state index < -0.39 is 0 Å². The van der Waals surface area contributed by atoms with E-state index in [-0.39, 0.29) is 0 Å². The molecule has 0 aliphatic rings. The topological polar surface area (TPSA) is 23.8 Å². The van der Waals surface area contributed by atoms with Gasteiger partial charge in [-0.25, -0.2) is 0 Å². The second-order valence-corrected chi connectivity index (χ2v) is 3.65. The van der Waals surface area contributed by atoms with Crippen molar-refractivity contribution in [3.8, 4) is 6.07 Å². The molecule has 12 heavy (non-hydrogen) atoms. The molecule has 0 saturated carbocycles. The average molecular weight is 173 g/mol. The Kier molecular flexibility index (Phi) is 1.60. The molecule has 2 aromatic rings. The van der Waals surface area contributed by atoms with Gasteiger partial charge in [0.25, 0.3) is 0 Å². The van der Waals surface area contributed by atoms with E-state index in [4.69, 9.17) is 5.26 Å². The van der Waals surface area contributed by atoms with Crippen LogP contribution in [0.3, 0.4) is 0 Å². The summed E-state index contributed by atoms with van der Waals surface area (Å²) < 4.78 is 1.20. The molecule has 1 aromatic heterocycles. The van der Waals surface area contributed by atoms with E-state index in [0.717, 1.165) is 5.56 Å². The maximum absolute atomic E-state index is 8.66. The van der Waals surface area contributed by atoms with Crippen LogP contribution in [0.1, 0.15) is 11.1 Å². The summed E-state index contributed by atoms with van der Waals surface area (Å²) in [5, 5.41) is 12.0. The maximum Gasteiger partial charge on any atom is 0.0992 e. The second kappa shape index (κ2) is 2.62. The summed E-state index contributed by atoms with van der Waals surface area (Å²) in [5.41, 5.74) is 2.03. The van der Waals surface area contributed by atoms with Gasteiger partial charge in [0.2, 0.25) is 0 Å². The number of nitriles is 1. The Morgan fingerprint density at radius 1 is 1.42 bits per heavy atom. The van der Waals surface area contributed by atoms with Crippen molar-refractivity contribution in [2.45, 2.75) is 6.92 Å². The minimum atomic E-state index is 0.740. The van der Waals surface area contributed by atoms with Crippen LogP contribution in [0.5, 0.6) is 0 Å². The van der Waals surface area contributed by atoms with E-state index >= 15 is 0 Å². The van der Waals surface area contributed by atoms with Gasteiger partial charge in [-0.2, -0.15) is 5.26 Å². The molecule has 0 bridgehead atoms. The number of aryl methyl sites for hydroxylation is 1. The summed E-state index contributed by atoms with van der Waals surface area (Å²) >= 11 is 1.69. The third-order valence-corrected chi connectivity index (χ3v) is 2.96. The first-order valence-corrected chi connectivity index (χ1v) is 4.57. The Morgan fingerprint density at radius 3 is 3.00 bits per heavy atom. The van der Waals surface area contributed by atoms with Crippen LogP contribution in [0.25, 0.3) is 10.1 Å². The van der Waals surface area contributed by atoms with Gasteiger partial charge in [-0.3, -0.25) is 0 Å². The molecule has 0 unspecified atom stereocenters. The SMILES string of the molecule is Cc1csc2cc(C#N)ccc12. The van der Waals surface area contributed by atoms with Gasteiger partial charge >= 0.3 is 0 Å². The fraction of sp³-hybridized carbons (Fsp3) is 0.100. The van der Waals surface area contributed by atoms with Crippen molar-refractivity contribution in [3.05, 3.63) is 34.7 Å². The van der Waals surface area contributed by atoms with Crippen molar-refractivity contribution < 1.29 is 0 Å². The van der Waals surface area contributed by atoms with Gasteiger partial charge in [0.15, 0.2) is 0 Å². The molecular formula is C10H7NS. The highest BCUT2D eigenvalue weighted by Gasteiger charge is 1.99. The molecule has 0 fully saturated rings. The Hall–Kier alpha value is -1.33. The number of nitrogens with zero attached hydrogens (tertiary/aromatic N) is 1. The van der Waals surface area contributed by atoms with Crippen LogP contribution in [0.15, 0.2) is 23.6 Å². The van der Waals surface area contributed by atoms with Crippen LogP contribution >= 0.6 is 11.3 Å². The van der Waals surface area contributed by atoms with Gasteiger partial charge in [0, 0.05) is 4.70 Å². The third-order valence-electron chi connectivity index (χ3n) is 1.90. The Bertz CT molecular complexity index is 462. The molecule has 0 aliphatic carbocycles. The molecule has 2 heteroatoms. The number of benzene rings is 1. The lowest BCUT2D eigenvalue weighted by atomic mass is 10.1. The molecule has 1 heterocycles. The Morgan fingerprint density at radius 2 is 2.25 bits per heavy atom. The van der Waals surface area contributed by atoms with Gasteiger partial charge in [0.1, 0.15) is 0 Å². The summed E-state index contributed by atoms with van der Waals surface area (Å²) in [6, 6.07) is 7.95. The summed E-state index contributed by atoms with van der Waals surface area (Å²) in [5.74, 6) is 0. The first-order chi connectivity index (χ1) is 5.81. The lowest BCUT2D eigenvalue weighted by Gasteiger charge is -1.90. The van der Waals surface area contributed by atoms with E-state index in [1.165, 1.54) is 15.6 Å². The minimum absolute atomic E-state index is 0.740. The molecule has 0 aliphatic heterocycles. The van der Waals surface area contributed by atoms with Gasteiger partial charge in [-0.15, -0.1) is 11.3 Å². The van der Waals surface area contributed by atoms with Crippen LogP contribution < -0.4 is 0 Å². The monoisotopic (exact) mass is 173 g/mol. The third kappa shape index (κ3) is 0.992. The molecule has 1 nitrogen and oxygen atoms in total. The molecule has 0 radical (unpaired) electrons. The number of fused-ring (bicyclic) bond motifs is 1. The normalized spacial score (nSPS) is 10.0. The molecule has 0 spiro atoms. The highest BCUT2D eigenvalue weighted by Crippen LogP contribution is 2.25. The quantitative estimate of drug-likeness (QED) is 0.600. The summed E-state index contributed by atoms with van der Waals surface area (Å²) in [6.45, 7) is 2.09. The van der Waals surface area contributed by atoms with Crippen molar-refractivity contribution in [1.29, 1.82) is 5.26 Å². The van der Waals surface area contributed by atoms with Gasteiger partial charge in [-0.1, -0.05) is 6.07 Å². The number of hydrogen-bond acceptors (Lipinski definition) is 2. The average Bonchev–Trinajstić information content (AvgIpc) is 2.47. The molecule has 58 valence electrons. The predicted octanol–water partition coefficient (Wildman–Crippen LogP) is 3.08. The van der Waals surface area contributed by atoms with E-state index in [1.807, 2.05) is 18.2 Å². The lowest BCUT2D eigenvalue weighted by Crippen LogP contribution is -1.72. The fourth-order valence-electron chi connectivity index (χ4n) is 1.23. The molecule has 0 saturated heterocycles.